The van der Waals surface area contributed by atoms with Crippen LogP contribution in [0.1, 0.15) is 18.5 Å². The molecule has 1 aromatic rings. The lowest BCUT2D eigenvalue weighted by atomic mass is 10.0. The van der Waals surface area contributed by atoms with Gasteiger partial charge in [0.1, 0.15) is 0 Å². The lowest BCUT2D eigenvalue weighted by Crippen LogP contribution is -2.45. The summed E-state index contributed by atoms with van der Waals surface area (Å²) in [7, 11) is 5.11. The molecule has 1 heterocycles. The average Bonchev–Trinajstić information content (AvgIpc) is 2.68. The Morgan fingerprint density at radius 3 is 2.36 bits per heavy atom. The first-order chi connectivity index (χ1) is 12.6. The van der Waals surface area contributed by atoms with Gasteiger partial charge in [0.05, 0.1) is 33.5 Å². The number of amides is 1. The maximum absolute atomic E-state index is 12.3. The van der Waals surface area contributed by atoms with Gasteiger partial charge in [-0.15, -0.1) is 24.8 Å². The summed E-state index contributed by atoms with van der Waals surface area (Å²) in [6, 6.07) is 5.99. The van der Waals surface area contributed by atoms with Crippen molar-refractivity contribution in [2.45, 2.75) is 13.0 Å². The summed E-state index contributed by atoms with van der Waals surface area (Å²) in [6.45, 7) is 6.20. The second-order valence-corrected chi connectivity index (χ2v) is 6.48. The highest BCUT2D eigenvalue weighted by Crippen LogP contribution is 2.32. The van der Waals surface area contributed by atoms with E-state index in [4.69, 9.17) is 14.2 Å². The number of nitrogens with zero attached hydrogens (tertiary/aromatic N) is 1. The Balaban J connectivity index is 0.00000364. The highest BCUT2D eigenvalue weighted by Gasteiger charge is 2.25. The zero-order valence-electron chi connectivity index (χ0n) is 17.0. The Hall–Kier alpha value is -1.25. The van der Waals surface area contributed by atoms with E-state index in [0.717, 1.165) is 18.7 Å². The van der Waals surface area contributed by atoms with Crippen LogP contribution in [-0.4, -0.2) is 71.5 Å². The van der Waals surface area contributed by atoms with Gasteiger partial charge in [-0.1, -0.05) is 13.0 Å². The molecule has 28 heavy (non-hydrogen) atoms. The van der Waals surface area contributed by atoms with E-state index in [1.54, 1.807) is 14.2 Å². The molecule has 1 fully saturated rings. The molecular formula is C19H33Cl2N3O4. The lowest BCUT2D eigenvalue weighted by Gasteiger charge is -2.35. The van der Waals surface area contributed by atoms with Crippen molar-refractivity contribution in [1.82, 2.24) is 15.5 Å². The number of carbonyl (C=O) groups is 1. The number of halogens is 2. The Labute approximate surface area is 180 Å². The van der Waals surface area contributed by atoms with Crippen molar-refractivity contribution in [3.8, 4) is 11.5 Å². The van der Waals surface area contributed by atoms with Gasteiger partial charge in [0.25, 0.3) is 0 Å². The van der Waals surface area contributed by atoms with Crippen molar-refractivity contribution >= 4 is 30.7 Å². The van der Waals surface area contributed by atoms with E-state index < -0.39 is 0 Å². The minimum atomic E-state index is -0.0734. The molecule has 0 radical (unpaired) electrons. The SMILES string of the molecule is CNCC(C)C(=O)NCC(c1ccc(OC)c(OC)c1)N1CCOCC1.Cl.Cl. The fourth-order valence-corrected chi connectivity index (χ4v) is 3.18. The van der Waals surface area contributed by atoms with Crippen LogP contribution in [0.25, 0.3) is 0 Å². The third-order valence-electron chi connectivity index (χ3n) is 4.71. The Morgan fingerprint density at radius 1 is 1.14 bits per heavy atom. The van der Waals surface area contributed by atoms with Gasteiger partial charge in [-0.2, -0.15) is 0 Å². The number of methoxy groups -OCH3 is 2. The molecule has 2 rings (SSSR count). The minimum absolute atomic E-state index is 0. The smallest absolute Gasteiger partial charge is 0.224 e. The quantitative estimate of drug-likeness (QED) is 0.614. The van der Waals surface area contributed by atoms with Crippen LogP contribution in [-0.2, 0) is 9.53 Å². The van der Waals surface area contributed by atoms with E-state index in [9.17, 15) is 4.79 Å². The summed E-state index contributed by atoms with van der Waals surface area (Å²) < 4.78 is 16.3. The van der Waals surface area contributed by atoms with Crippen molar-refractivity contribution in [1.29, 1.82) is 0 Å². The molecule has 0 aromatic heterocycles. The summed E-state index contributed by atoms with van der Waals surface area (Å²) in [5.41, 5.74) is 1.09. The molecule has 0 spiro atoms. The molecule has 2 N–H and O–H groups in total. The van der Waals surface area contributed by atoms with Crippen LogP contribution in [0.15, 0.2) is 18.2 Å². The van der Waals surface area contributed by atoms with Gasteiger partial charge >= 0.3 is 0 Å². The van der Waals surface area contributed by atoms with E-state index in [-0.39, 0.29) is 42.7 Å². The van der Waals surface area contributed by atoms with E-state index >= 15 is 0 Å². The van der Waals surface area contributed by atoms with Crippen LogP contribution in [0, 0.1) is 5.92 Å². The molecule has 2 atom stereocenters. The predicted molar refractivity (Wildman–Crippen MR) is 115 cm³/mol. The Morgan fingerprint density at radius 2 is 1.79 bits per heavy atom. The van der Waals surface area contributed by atoms with Crippen molar-refractivity contribution in [2.75, 3.05) is 60.7 Å². The normalized spacial score (nSPS) is 16.1. The third kappa shape index (κ3) is 7.29. The molecule has 9 heteroatoms. The van der Waals surface area contributed by atoms with Gasteiger partial charge in [-0.25, -0.2) is 0 Å². The molecule has 1 amide bonds. The second kappa shape index (κ2) is 13.8. The number of rotatable bonds is 9. The highest BCUT2D eigenvalue weighted by atomic mass is 35.5. The number of carbonyl (C=O) groups excluding carboxylic acids is 1. The van der Waals surface area contributed by atoms with E-state index in [2.05, 4.69) is 15.5 Å². The summed E-state index contributed by atoms with van der Waals surface area (Å²) in [5.74, 6) is 1.37. The second-order valence-electron chi connectivity index (χ2n) is 6.48. The number of hydrogen-bond donors (Lipinski definition) is 2. The largest absolute Gasteiger partial charge is 0.493 e. The molecule has 0 aliphatic carbocycles. The fourth-order valence-electron chi connectivity index (χ4n) is 3.18. The fraction of sp³-hybridized carbons (Fsp3) is 0.632. The molecule has 0 saturated carbocycles. The molecular weight excluding hydrogens is 405 g/mol. The molecule has 7 nitrogen and oxygen atoms in total. The first-order valence-corrected chi connectivity index (χ1v) is 9.06. The maximum Gasteiger partial charge on any atom is 0.224 e. The van der Waals surface area contributed by atoms with Gasteiger partial charge in [0.2, 0.25) is 5.91 Å². The zero-order valence-corrected chi connectivity index (χ0v) is 18.7. The van der Waals surface area contributed by atoms with Crippen molar-refractivity contribution in [3.63, 3.8) is 0 Å². The monoisotopic (exact) mass is 437 g/mol. The van der Waals surface area contributed by atoms with Crippen LogP contribution in [0.5, 0.6) is 11.5 Å². The number of ether oxygens (including phenoxy) is 3. The van der Waals surface area contributed by atoms with Gasteiger partial charge < -0.3 is 24.8 Å². The topological polar surface area (TPSA) is 72.1 Å². The van der Waals surface area contributed by atoms with Crippen LogP contribution in [0.3, 0.4) is 0 Å². The molecule has 1 aliphatic heterocycles. The Kier molecular flexibility index (Phi) is 13.2. The molecule has 0 bridgehead atoms. The first-order valence-electron chi connectivity index (χ1n) is 9.06. The van der Waals surface area contributed by atoms with Crippen molar-refractivity contribution in [2.24, 2.45) is 5.92 Å². The molecule has 1 aromatic carbocycles. The van der Waals surface area contributed by atoms with Crippen LogP contribution in [0.4, 0.5) is 0 Å². The van der Waals surface area contributed by atoms with Crippen LogP contribution < -0.4 is 20.1 Å². The molecule has 2 unspecified atom stereocenters. The number of morpholine rings is 1. The van der Waals surface area contributed by atoms with Gasteiger partial charge in [-0.05, 0) is 24.7 Å². The van der Waals surface area contributed by atoms with Gasteiger partial charge in [0, 0.05) is 32.1 Å². The molecule has 1 aliphatic rings. The van der Waals surface area contributed by atoms with Gasteiger partial charge in [0.15, 0.2) is 11.5 Å². The lowest BCUT2D eigenvalue weighted by molar-refractivity contribution is -0.124. The number of hydrogen-bond acceptors (Lipinski definition) is 6. The summed E-state index contributed by atoms with van der Waals surface area (Å²) in [6.07, 6.45) is 0. The van der Waals surface area contributed by atoms with Crippen LogP contribution in [0.2, 0.25) is 0 Å². The predicted octanol–water partition coefficient (Wildman–Crippen LogP) is 1.89. The highest BCUT2D eigenvalue weighted by molar-refractivity contribution is 5.85. The summed E-state index contributed by atoms with van der Waals surface area (Å²) in [5, 5.41) is 6.14. The zero-order chi connectivity index (χ0) is 18.9. The summed E-state index contributed by atoms with van der Waals surface area (Å²) >= 11 is 0. The van der Waals surface area contributed by atoms with Crippen LogP contribution >= 0.6 is 24.8 Å². The molecule has 162 valence electrons. The number of benzene rings is 1. The van der Waals surface area contributed by atoms with Crippen molar-refractivity contribution < 1.29 is 19.0 Å². The third-order valence-corrected chi connectivity index (χ3v) is 4.71. The minimum Gasteiger partial charge on any atom is -0.493 e. The van der Waals surface area contributed by atoms with Crippen molar-refractivity contribution in [3.05, 3.63) is 23.8 Å². The summed E-state index contributed by atoms with van der Waals surface area (Å²) in [4.78, 5) is 14.7. The van der Waals surface area contributed by atoms with E-state index in [1.807, 2.05) is 32.2 Å². The standard InChI is InChI=1S/C19H31N3O4.2ClH/c1-14(12-20-2)19(23)21-13-16(22-7-9-26-10-8-22)15-5-6-17(24-3)18(11-15)25-4;;/h5-6,11,14,16,20H,7-10,12-13H2,1-4H3,(H,21,23);2*1H. The molecule has 1 saturated heterocycles. The average molecular weight is 438 g/mol. The van der Waals surface area contributed by atoms with Gasteiger partial charge in [-0.3, -0.25) is 9.69 Å². The van der Waals surface area contributed by atoms with E-state index in [0.29, 0.717) is 37.8 Å². The van der Waals surface area contributed by atoms with E-state index in [1.165, 1.54) is 0 Å². The maximum atomic E-state index is 12.3. The Bertz CT molecular complexity index is 586. The number of nitrogens with one attached hydrogen (secondary N) is 2. The first kappa shape index (κ1) is 26.8.